The van der Waals surface area contributed by atoms with Crippen LogP contribution in [0.2, 0.25) is 0 Å². The molecule has 0 radical (unpaired) electrons. The fourth-order valence-corrected chi connectivity index (χ4v) is 7.00. The number of carbonyl (C=O) groups is 4. The summed E-state index contributed by atoms with van der Waals surface area (Å²) in [6.07, 6.45) is 10.6. The van der Waals surface area contributed by atoms with Crippen LogP contribution >= 0.6 is 0 Å². The van der Waals surface area contributed by atoms with E-state index in [0.717, 1.165) is 43.8 Å². The summed E-state index contributed by atoms with van der Waals surface area (Å²) in [4.78, 5) is 54.4. The first-order valence-electron chi connectivity index (χ1n) is 16.2. The largest absolute Gasteiger partial charge is 0.288 e. The van der Waals surface area contributed by atoms with Crippen LogP contribution in [0, 0.1) is 0 Å². The lowest BCUT2D eigenvalue weighted by molar-refractivity contribution is 0.0973. The van der Waals surface area contributed by atoms with Gasteiger partial charge in [0.1, 0.15) is 0 Å². The molecule has 0 spiro atoms. The highest BCUT2D eigenvalue weighted by Crippen LogP contribution is 2.42. The van der Waals surface area contributed by atoms with Crippen molar-refractivity contribution in [2.45, 2.75) is 6.42 Å². The molecule has 2 aliphatic carbocycles. The molecule has 0 aliphatic heterocycles. The zero-order valence-corrected chi connectivity index (χ0v) is 26.4. The van der Waals surface area contributed by atoms with Gasteiger partial charge in [-0.25, -0.2) is 0 Å². The zero-order chi connectivity index (χ0) is 33.5. The fraction of sp³-hybridized carbons (Fsp3) is 0.0222. The van der Waals surface area contributed by atoms with Gasteiger partial charge in [-0.05, 0) is 57.3 Å². The third-order valence-electron chi connectivity index (χ3n) is 9.22. The van der Waals surface area contributed by atoms with Crippen LogP contribution in [0.4, 0.5) is 0 Å². The van der Waals surface area contributed by atoms with E-state index >= 15 is 0 Å². The molecule has 2 aliphatic rings. The van der Waals surface area contributed by atoms with Crippen molar-refractivity contribution in [3.8, 4) is 22.3 Å². The molecular weight excluding hydrogens is 604 g/mol. The Morgan fingerprint density at radius 3 is 1.45 bits per heavy atom. The zero-order valence-electron chi connectivity index (χ0n) is 26.4. The molecule has 0 aromatic heterocycles. The summed E-state index contributed by atoms with van der Waals surface area (Å²) in [5.41, 5.74) is 5.36. The minimum Gasteiger partial charge on any atom is -0.288 e. The molecule has 6 aromatic rings. The van der Waals surface area contributed by atoms with Gasteiger partial charge in [-0.1, -0.05) is 140 Å². The minimum absolute atomic E-state index is 0.121. The summed E-state index contributed by atoms with van der Waals surface area (Å²) >= 11 is 0. The quantitative estimate of drug-likeness (QED) is 0.104. The predicted octanol–water partition coefficient (Wildman–Crippen LogP) is 10.1. The first-order chi connectivity index (χ1) is 24.0. The maximum atomic E-state index is 13.7. The van der Waals surface area contributed by atoms with Crippen LogP contribution in [0.25, 0.3) is 43.8 Å². The molecule has 232 valence electrons. The van der Waals surface area contributed by atoms with Gasteiger partial charge in [-0.3, -0.25) is 19.2 Å². The van der Waals surface area contributed by atoms with E-state index in [0.29, 0.717) is 28.7 Å². The minimum atomic E-state index is -0.290. The number of carbonyl (C=O) groups excluding carboxylic acids is 4. The van der Waals surface area contributed by atoms with Gasteiger partial charge in [0.2, 0.25) is 0 Å². The number of fused-ring (bicyclic) bond motifs is 4. The third kappa shape index (κ3) is 5.02. The smallest absolute Gasteiger partial charge is 0.198 e. The van der Waals surface area contributed by atoms with Crippen molar-refractivity contribution in [2.24, 2.45) is 0 Å². The summed E-state index contributed by atoms with van der Waals surface area (Å²) in [5.74, 6) is -1.11. The van der Waals surface area contributed by atoms with E-state index < -0.39 is 0 Å². The highest BCUT2D eigenvalue weighted by atomic mass is 16.2. The van der Waals surface area contributed by atoms with Gasteiger partial charge in [-0.2, -0.15) is 0 Å². The molecule has 8 rings (SSSR count). The van der Waals surface area contributed by atoms with Gasteiger partial charge >= 0.3 is 0 Å². The number of hydrogen-bond acceptors (Lipinski definition) is 4. The van der Waals surface area contributed by atoms with Crippen molar-refractivity contribution >= 4 is 44.7 Å². The second kappa shape index (κ2) is 12.3. The first kappa shape index (κ1) is 29.9. The standard InChI is InChI=1S/C45H28O4/c46-42-34(44(48)40-36(42)26-30-20-12-14-22-32(30)38(40)28-16-6-4-7-17-28)24-10-2-1-3-11-25-35-43(47)37-27-31-21-13-15-23-33(31)39(41(37)45(35)49)29-18-8-5-9-19-29/h1-10,12-27H,11H2/b3-1+,10-2?,34-24?,35-25?. The van der Waals surface area contributed by atoms with Crippen molar-refractivity contribution in [2.75, 3.05) is 0 Å². The summed E-state index contributed by atoms with van der Waals surface area (Å²) in [5, 5.41) is 3.67. The summed E-state index contributed by atoms with van der Waals surface area (Å²) in [6.45, 7) is 0. The van der Waals surface area contributed by atoms with Crippen molar-refractivity contribution in [3.05, 3.63) is 191 Å². The number of ketones is 4. The van der Waals surface area contributed by atoms with Crippen LogP contribution in [0.15, 0.2) is 169 Å². The van der Waals surface area contributed by atoms with Gasteiger partial charge in [0.25, 0.3) is 0 Å². The molecule has 0 bridgehead atoms. The maximum Gasteiger partial charge on any atom is 0.198 e. The Balaban J connectivity index is 1.04. The van der Waals surface area contributed by atoms with E-state index in [1.807, 2.05) is 127 Å². The molecule has 4 heteroatoms. The average Bonchev–Trinajstić information content (AvgIpc) is 3.52. The predicted molar refractivity (Wildman–Crippen MR) is 195 cm³/mol. The molecule has 0 heterocycles. The Labute approximate surface area is 283 Å². The van der Waals surface area contributed by atoms with Crippen LogP contribution in [0.1, 0.15) is 47.9 Å². The maximum absolute atomic E-state index is 13.7. The molecule has 0 unspecified atom stereocenters. The number of rotatable bonds is 6. The molecule has 0 N–H and O–H groups in total. The van der Waals surface area contributed by atoms with Crippen molar-refractivity contribution < 1.29 is 19.2 Å². The fourth-order valence-electron chi connectivity index (χ4n) is 7.00. The Morgan fingerprint density at radius 1 is 0.429 bits per heavy atom. The molecular formula is C45H28O4. The Hall–Kier alpha value is -6.52. The molecule has 6 aromatic carbocycles. The molecule has 4 nitrogen and oxygen atoms in total. The SMILES string of the molecule is O=C1C(=CC=C/C=C/CC=C2C(=O)c3cc4ccccc4c(-c4ccccc4)c3C2=O)C(=O)c2c1cc1ccccc1c2-c1ccccc1. The molecule has 49 heavy (non-hydrogen) atoms. The van der Waals surface area contributed by atoms with Crippen LogP contribution in [0.5, 0.6) is 0 Å². The van der Waals surface area contributed by atoms with E-state index in [4.69, 9.17) is 0 Å². The van der Waals surface area contributed by atoms with Crippen molar-refractivity contribution in [1.29, 1.82) is 0 Å². The lowest BCUT2D eigenvalue weighted by Gasteiger charge is -2.11. The van der Waals surface area contributed by atoms with Crippen LogP contribution in [-0.4, -0.2) is 23.1 Å². The number of Topliss-reactive ketones (excluding diaryl/α,β-unsaturated/α-hetero) is 4. The first-order valence-corrected chi connectivity index (χ1v) is 16.2. The molecule has 0 saturated carbocycles. The van der Waals surface area contributed by atoms with Gasteiger partial charge in [-0.15, -0.1) is 0 Å². The topological polar surface area (TPSA) is 68.3 Å². The highest BCUT2D eigenvalue weighted by molar-refractivity contribution is 6.43. The molecule has 0 amide bonds. The summed E-state index contributed by atoms with van der Waals surface area (Å²) in [6, 6.07) is 38.6. The third-order valence-corrected chi connectivity index (χ3v) is 9.22. The van der Waals surface area contributed by atoms with E-state index in [9.17, 15) is 19.2 Å². The Kier molecular flexibility index (Phi) is 7.47. The molecule has 0 saturated heterocycles. The van der Waals surface area contributed by atoms with Gasteiger partial charge in [0.05, 0.1) is 11.1 Å². The Morgan fingerprint density at radius 2 is 0.898 bits per heavy atom. The van der Waals surface area contributed by atoms with E-state index in [1.165, 1.54) is 0 Å². The van der Waals surface area contributed by atoms with Crippen molar-refractivity contribution in [3.63, 3.8) is 0 Å². The van der Waals surface area contributed by atoms with E-state index in [1.54, 1.807) is 30.4 Å². The molecule has 0 fully saturated rings. The average molecular weight is 633 g/mol. The van der Waals surface area contributed by atoms with Crippen LogP contribution in [-0.2, 0) is 0 Å². The summed E-state index contributed by atoms with van der Waals surface area (Å²) in [7, 11) is 0. The van der Waals surface area contributed by atoms with E-state index in [2.05, 4.69) is 0 Å². The highest BCUT2D eigenvalue weighted by Gasteiger charge is 2.37. The monoisotopic (exact) mass is 632 g/mol. The normalized spacial score (nSPS) is 15.9. The summed E-state index contributed by atoms with van der Waals surface area (Å²) < 4.78 is 0. The van der Waals surface area contributed by atoms with E-state index in [-0.39, 0.29) is 34.3 Å². The second-order valence-electron chi connectivity index (χ2n) is 12.1. The lowest BCUT2D eigenvalue weighted by Crippen LogP contribution is -2.01. The number of hydrogen-bond donors (Lipinski definition) is 0. The number of benzene rings is 6. The van der Waals surface area contributed by atoms with Gasteiger partial charge in [0.15, 0.2) is 23.1 Å². The lowest BCUT2D eigenvalue weighted by atomic mass is 9.90. The number of allylic oxidation sites excluding steroid dienone is 8. The van der Waals surface area contributed by atoms with Crippen molar-refractivity contribution in [1.82, 2.24) is 0 Å². The van der Waals surface area contributed by atoms with Crippen LogP contribution < -0.4 is 0 Å². The Bertz CT molecular complexity index is 2510. The second-order valence-corrected chi connectivity index (χ2v) is 12.1. The van der Waals surface area contributed by atoms with Gasteiger partial charge in [0, 0.05) is 33.4 Å². The van der Waals surface area contributed by atoms with Crippen LogP contribution in [0.3, 0.4) is 0 Å². The molecule has 0 atom stereocenters. The van der Waals surface area contributed by atoms with Gasteiger partial charge < -0.3 is 0 Å².